The number of aryl methyl sites for hydroxylation is 1. The van der Waals surface area contributed by atoms with Crippen LogP contribution in [0.3, 0.4) is 0 Å². The number of rotatable bonds is 3. The third-order valence-electron chi connectivity index (χ3n) is 3.25. The number of benzene rings is 1. The van der Waals surface area contributed by atoms with Crippen molar-refractivity contribution in [1.82, 2.24) is 9.97 Å². The van der Waals surface area contributed by atoms with Gasteiger partial charge in [-0.3, -0.25) is 0 Å². The van der Waals surface area contributed by atoms with E-state index >= 15 is 0 Å². The molecule has 0 spiro atoms. The lowest BCUT2D eigenvalue weighted by atomic mass is 10.1. The van der Waals surface area contributed by atoms with Crippen LogP contribution in [-0.4, -0.2) is 23.0 Å². The standard InChI is InChI=1S/C15H14N2O2S/c1-9-14(15(18)19-2)11-4-3-10(7-12(11)20-9)8-13-16-5-6-17-13/h3-7H,8H2,1-2H3,(H,16,17). The summed E-state index contributed by atoms with van der Waals surface area (Å²) in [6.07, 6.45) is 4.32. The molecule has 1 N–H and O–H groups in total. The van der Waals surface area contributed by atoms with E-state index in [1.54, 1.807) is 17.5 Å². The molecule has 1 aromatic carbocycles. The first kappa shape index (κ1) is 12.9. The van der Waals surface area contributed by atoms with Gasteiger partial charge in [-0.2, -0.15) is 0 Å². The van der Waals surface area contributed by atoms with Gasteiger partial charge in [-0.15, -0.1) is 11.3 Å². The summed E-state index contributed by atoms with van der Waals surface area (Å²) in [5.41, 5.74) is 1.85. The fraction of sp³-hybridized carbons (Fsp3) is 0.200. The minimum atomic E-state index is -0.271. The number of nitrogens with zero attached hydrogens (tertiary/aromatic N) is 1. The van der Waals surface area contributed by atoms with Gasteiger partial charge in [0.15, 0.2) is 0 Å². The van der Waals surface area contributed by atoms with E-state index in [9.17, 15) is 4.79 Å². The number of carbonyl (C=O) groups is 1. The molecule has 2 aromatic heterocycles. The third-order valence-corrected chi connectivity index (χ3v) is 4.31. The maximum Gasteiger partial charge on any atom is 0.339 e. The van der Waals surface area contributed by atoms with E-state index in [0.717, 1.165) is 27.2 Å². The summed E-state index contributed by atoms with van der Waals surface area (Å²) in [5, 5.41) is 0.961. The molecule has 0 atom stereocenters. The number of aromatic amines is 1. The second kappa shape index (κ2) is 5.09. The summed E-state index contributed by atoms with van der Waals surface area (Å²) >= 11 is 1.62. The van der Waals surface area contributed by atoms with Gasteiger partial charge in [0, 0.05) is 33.8 Å². The Morgan fingerprint density at radius 2 is 2.30 bits per heavy atom. The molecule has 3 aromatic rings. The molecule has 102 valence electrons. The molecule has 4 nitrogen and oxygen atoms in total. The number of nitrogens with one attached hydrogen (secondary N) is 1. The molecule has 20 heavy (non-hydrogen) atoms. The maximum absolute atomic E-state index is 11.8. The lowest BCUT2D eigenvalue weighted by molar-refractivity contribution is 0.0603. The van der Waals surface area contributed by atoms with Gasteiger partial charge in [-0.1, -0.05) is 12.1 Å². The smallest absolute Gasteiger partial charge is 0.339 e. The van der Waals surface area contributed by atoms with E-state index in [-0.39, 0.29) is 5.97 Å². The molecule has 0 aliphatic heterocycles. The van der Waals surface area contributed by atoms with Crippen molar-refractivity contribution in [2.45, 2.75) is 13.3 Å². The highest BCUT2D eigenvalue weighted by atomic mass is 32.1. The Labute approximate surface area is 120 Å². The Bertz CT molecular complexity index is 760. The normalized spacial score (nSPS) is 10.9. The molecule has 0 aliphatic rings. The number of methoxy groups -OCH3 is 1. The van der Waals surface area contributed by atoms with Crippen LogP contribution in [0.1, 0.15) is 26.6 Å². The van der Waals surface area contributed by atoms with Crippen molar-refractivity contribution in [1.29, 1.82) is 0 Å². The first-order chi connectivity index (χ1) is 9.69. The molecule has 0 fully saturated rings. The predicted molar refractivity (Wildman–Crippen MR) is 79.3 cm³/mol. The van der Waals surface area contributed by atoms with E-state index in [0.29, 0.717) is 5.56 Å². The Morgan fingerprint density at radius 1 is 1.45 bits per heavy atom. The van der Waals surface area contributed by atoms with Gasteiger partial charge in [0.2, 0.25) is 0 Å². The molecule has 0 saturated carbocycles. The highest BCUT2D eigenvalue weighted by Crippen LogP contribution is 2.32. The second-order valence-electron chi connectivity index (χ2n) is 4.57. The number of aromatic nitrogens is 2. The number of fused-ring (bicyclic) bond motifs is 1. The Hall–Kier alpha value is -2.14. The number of H-pyrrole nitrogens is 1. The van der Waals surface area contributed by atoms with Gasteiger partial charge >= 0.3 is 5.97 Å². The average Bonchev–Trinajstić information content (AvgIpc) is 3.04. The van der Waals surface area contributed by atoms with E-state index in [1.165, 1.54) is 12.7 Å². The number of hydrogen-bond acceptors (Lipinski definition) is 4. The summed E-state index contributed by atoms with van der Waals surface area (Å²) < 4.78 is 5.96. The third kappa shape index (κ3) is 2.20. The fourth-order valence-corrected chi connectivity index (χ4v) is 3.43. The molecule has 3 rings (SSSR count). The first-order valence-corrected chi connectivity index (χ1v) is 7.09. The van der Waals surface area contributed by atoms with Gasteiger partial charge in [0.25, 0.3) is 0 Å². The number of thiophene rings is 1. The quantitative estimate of drug-likeness (QED) is 0.751. The Morgan fingerprint density at radius 3 is 3.00 bits per heavy atom. The van der Waals surface area contributed by atoms with Crippen LogP contribution >= 0.6 is 11.3 Å². The van der Waals surface area contributed by atoms with Gasteiger partial charge < -0.3 is 9.72 Å². The zero-order valence-electron chi connectivity index (χ0n) is 11.3. The van der Waals surface area contributed by atoms with Crippen molar-refractivity contribution in [2.75, 3.05) is 7.11 Å². The molecule has 0 amide bonds. The van der Waals surface area contributed by atoms with Crippen LogP contribution < -0.4 is 0 Å². The van der Waals surface area contributed by atoms with E-state index in [1.807, 2.05) is 25.3 Å². The number of carbonyl (C=O) groups excluding carboxylic acids is 1. The highest BCUT2D eigenvalue weighted by molar-refractivity contribution is 7.19. The largest absolute Gasteiger partial charge is 0.465 e. The minimum Gasteiger partial charge on any atom is -0.465 e. The lowest BCUT2D eigenvalue weighted by Gasteiger charge is -2.01. The molecule has 0 radical (unpaired) electrons. The van der Waals surface area contributed by atoms with Crippen LogP contribution in [0.25, 0.3) is 10.1 Å². The lowest BCUT2D eigenvalue weighted by Crippen LogP contribution is -2.01. The Balaban J connectivity index is 2.02. The fourth-order valence-electron chi connectivity index (χ4n) is 2.32. The summed E-state index contributed by atoms with van der Waals surface area (Å²) in [7, 11) is 1.41. The van der Waals surface area contributed by atoms with Gasteiger partial charge in [-0.05, 0) is 18.6 Å². The van der Waals surface area contributed by atoms with Crippen LogP contribution in [0, 0.1) is 6.92 Å². The van der Waals surface area contributed by atoms with Crippen LogP contribution in [0.15, 0.2) is 30.6 Å². The summed E-state index contributed by atoms with van der Waals surface area (Å²) in [5.74, 6) is 0.665. The van der Waals surface area contributed by atoms with Crippen LogP contribution in [-0.2, 0) is 11.2 Å². The van der Waals surface area contributed by atoms with Gasteiger partial charge in [0.05, 0.1) is 12.7 Å². The second-order valence-corrected chi connectivity index (χ2v) is 5.82. The molecule has 0 bridgehead atoms. The van der Waals surface area contributed by atoms with Gasteiger partial charge in [-0.25, -0.2) is 9.78 Å². The molecular formula is C15H14N2O2S. The van der Waals surface area contributed by atoms with Crippen molar-refractivity contribution < 1.29 is 9.53 Å². The van der Waals surface area contributed by atoms with Crippen LogP contribution in [0.5, 0.6) is 0 Å². The number of ether oxygens (including phenoxy) is 1. The van der Waals surface area contributed by atoms with Crippen molar-refractivity contribution >= 4 is 27.4 Å². The predicted octanol–water partition coefficient (Wildman–Crippen LogP) is 3.31. The number of imidazole rings is 1. The highest BCUT2D eigenvalue weighted by Gasteiger charge is 2.17. The van der Waals surface area contributed by atoms with Crippen LogP contribution in [0.4, 0.5) is 0 Å². The maximum atomic E-state index is 11.8. The number of hydrogen-bond donors (Lipinski definition) is 1. The Kier molecular flexibility index (Phi) is 3.28. The summed E-state index contributed by atoms with van der Waals surface area (Å²) in [6.45, 7) is 1.95. The topological polar surface area (TPSA) is 55.0 Å². The minimum absolute atomic E-state index is 0.271. The van der Waals surface area contributed by atoms with E-state index < -0.39 is 0 Å². The van der Waals surface area contributed by atoms with Crippen molar-refractivity contribution in [3.8, 4) is 0 Å². The van der Waals surface area contributed by atoms with E-state index in [4.69, 9.17) is 4.74 Å². The first-order valence-electron chi connectivity index (χ1n) is 6.27. The van der Waals surface area contributed by atoms with Gasteiger partial charge in [0.1, 0.15) is 5.82 Å². The molecule has 0 unspecified atom stereocenters. The number of esters is 1. The van der Waals surface area contributed by atoms with Crippen molar-refractivity contribution in [3.05, 3.63) is 52.4 Å². The zero-order valence-corrected chi connectivity index (χ0v) is 12.1. The molecular weight excluding hydrogens is 272 g/mol. The van der Waals surface area contributed by atoms with Crippen molar-refractivity contribution in [3.63, 3.8) is 0 Å². The molecule has 0 saturated heterocycles. The molecule has 5 heteroatoms. The average molecular weight is 286 g/mol. The SMILES string of the molecule is COC(=O)c1c(C)sc2cc(Cc3ncc[nH]3)ccc12. The summed E-state index contributed by atoms with van der Waals surface area (Å²) in [4.78, 5) is 20.1. The van der Waals surface area contributed by atoms with Crippen molar-refractivity contribution in [2.24, 2.45) is 0 Å². The monoisotopic (exact) mass is 286 g/mol. The molecule has 2 heterocycles. The van der Waals surface area contributed by atoms with Crippen LogP contribution in [0.2, 0.25) is 0 Å². The van der Waals surface area contributed by atoms with E-state index in [2.05, 4.69) is 16.0 Å². The summed E-state index contributed by atoms with van der Waals surface area (Å²) in [6, 6.07) is 6.13. The molecule has 0 aliphatic carbocycles. The zero-order chi connectivity index (χ0) is 14.1.